The van der Waals surface area contributed by atoms with Gasteiger partial charge in [-0.25, -0.2) is 14.4 Å². The first kappa shape index (κ1) is 13.2. The Labute approximate surface area is 115 Å². The number of hydrogen-bond acceptors (Lipinski definition) is 3. The highest BCUT2D eigenvalue weighted by molar-refractivity contribution is 9.10. The number of aromatic nitrogens is 2. The maximum absolute atomic E-state index is 13.5. The first-order valence-electron chi connectivity index (χ1n) is 4.78. The van der Waals surface area contributed by atoms with Crippen LogP contribution in [-0.4, -0.2) is 9.97 Å². The Bertz CT molecular complexity index is 610. The van der Waals surface area contributed by atoms with Gasteiger partial charge in [0, 0.05) is 10.0 Å². The second-order valence-electron chi connectivity index (χ2n) is 3.40. The Morgan fingerprint density at radius 3 is 2.72 bits per heavy atom. The molecule has 0 radical (unpaired) electrons. The summed E-state index contributed by atoms with van der Waals surface area (Å²) in [4.78, 5) is 7.55. The lowest BCUT2D eigenvalue weighted by Crippen LogP contribution is -1.97. The van der Waals surface area contributed by atoms with Crippen LogP contribution in [0.25, 0.3) is 0 Å². The smallest absolute Gasteiger partial charge is 0.226 e. The molecule has 7 heteroatoms. The van der Waals surface area contributed by atoms with Crippen molar-refractivity contribution in [2.75, 3.05) is 0 Å². The molecule has 0 bridgehead atoms. The summed E-state index contributed by atoms with van der Waals surface area (Å²) in [5.41, 5.74) is 0.443. The summed E-state index contributed by atoms with van der Waals surface area (Å²) >= 11 is 8.82. The van der Waals surface area contributed by atoms with Gasteiger partial charge in [0.15, 0.2) is 11.6 Å². The number of rotatable bonds is 2. The van der Waals surface area contributed by atoms with E-state index in [1.54, 1.807) is 6.92 Å². The number of ether oxygens (including phenoxy) is 1. The summed E-state index contributed by atoms with van der Waals surface area (Å²) in [5.74, 6) is -2.31. The summed E-state index contributed by atoms with van der Waals surface area (Å²) in [6.07, 6.45) is 1.18. The minimum Gasteiger partial charge on any atom is -0.435 e. The summed E-state index contributed by atoms with van der Waals surface area (Å²) in [6, 6.07) is 2.30. The fraction of sp³-hybridized carbons (Fsp3) is 0.0909. The average Bonchev–Trinajstić information content (AvgIpc) is 2.31. The number of hydrogen-bond donors (Lipinski definition) is 0. The Morgan fingerprint density at radius 1 is 1.28 bits per heavy atom. The van der Waals surface area contributed by atoms with Gasteiger partial charge in [-0.1, -0.05) is 27.5 Å². The quantitative estimate of drug-likeness (QED) is 0.607. The highest BCUT2D eigenvalue weighted by Crippen LogP contribution is 2.31. The third kappa shape index (κ3) is 2.59. The van der Waals surface area contributed by atoms with Crippen molar-refractivity contribution in [3.63, 3.8) is 0 Å². The Balaban J connectivity index is 2.43. The molecule has 0 spiro atoms. The molecule has 1 aromatic carbocycles. The average molecular weight is 336 g/mol. The zero-order chi connectivity index (χ0) is 13.3. The Hall–Kier alpha value is -1.27. The van der Waals surface area contributed by atoms with Crippen molar-refractivity contribution >= 4 is 27.5 Å². The third-order valence-corrected chi connectivity index (χ3v) is 2.98. The first-order valence-corrected chi connectivity index (χ1v) is 5.95. The molecule has 0 unspecified atom stereocenters. The van der Waals surface area contributed by atoms with Crippen LogP contribution in [0.15, 0.2) is 22.9 Å². The molecule has 2 rings (SSSR count). The van der Waals surface area contributed by atoms with Crippen LogP contribution in [0.3, 0.4) is 0 Å². The zero-order valence-electron chi connectivity index (χ0n) is 9.05. The monoisotopic (exact) mass is 334 g/mol. The molecule has 3 nitrogen and oxygen atoms in total. The fourth-order valence-corrected chi connectivity index (χ4v) is 1.76. The molecule has 1 heterocycles. The molecule has 0 amide bonds. The summed E-state index contributed by atoms with van der Waals surface area (Å²) in [7, 11) is 0. The van der Waals surface area contributed by atoms with Crippen molar-refractivity contribution in [2.24, 2.45) is 0 Å². The lowest BCUT2D eigenvalue weighted by Gasteiger charge is -2.09. The molecular formula is C11H6BrClF2N2O. The number of benzene rings is 1. The molecule has 0 saturated heterocycles. The molecule has 1 aromatic heterocycles. The maximum Gasteiger partial charge on any atom is 0.226 e. The van der Waals surface area contributed by atoms with Gasteiger partial charge in [0.25, 0.3) is 0 Å². The predicted molar refractivity (Wildman–Crippen MR) is 65.9 cm³/mol. The van der Waals surface area contributed by atoms with Gasteiger partial charge in [-0.3, -0.25) is 0 Å². The van der Waals surface area contributed by atoms with Gasteiger partial charge in [-0.05, 0) is 19.1 Å². The van der Waals surface area contributed by atoms with E-state index >= 15 is 0 Å². The largest absolute Gasteiger partial charge is 0.435 e. The molecule has 0 aliphatic carbocycles. The van der Waals surface area contributed by atoms with E-state index in [2.05, 4.69) is 25.9 Å². The number of halogens is 4. The van der Waals surface area contributed by atoms with Gasteiger partial charge in [-0.2, -0.15) is 4.39 Å². The molecular weight excluding hydrogens is 329 g/mol. The van der Waals surface area contributed by atoms with Gasteiger partial charge in [0.2, 0.25) is 11.7 Å². The highest BCUT2D eigenvalue weighted by atomic mass is 79.9. The van der Waals surface area contributed by atoms with Crippen molar-refractivity contribution < 1.29 is 13.5 Å². The van der Waals surface area contributed by atoms with Crippen molar-refractivity contribution in [1.82, 2.24) is 9.97 Å². The SMILES string of the molecule is Cc1c(Cl)ncnc1Oc1cc(Br)cc(F)c1F. The van der Waals surface area contributed by atoms with Crippen molar-refractivity contribution in [1.29, 1.82) is 0 Å². The fourth-order valence-electron chi connectivity index (χ4n) is 1.23. The summed E-state index contributed by atoms with van der Waals surface area (Å²) in [5, 5.41) is 0.191. The molecule has 0 fully saturated rings. The van der Waals surface area contributed by atoms with E-state index in [1.807, 2.05) is 0 Å². The van der Waals surface area contributed by atoms with Crippen LogP contribution < -0.4 is 4.74 Å². The molecule has 0 saturated carbocycles. The van der Waals surface area contributed by atoms with E-state index in [1.165, 1.54) is 12.4 Å². The van der Waals surface area contributed by atoms with Crippen LogP contribution in [0.4, 0.5) is 8.78 Å². The Kier molecular flexibility index (Phi) is 3.77. The molecule has 0 N–H and O–H groups in total. The van der Waals surface area contributed by atoms with Crippen molar-refractivity contribution in [2.45, 2.75) is 6.92 Å². The highest BCUT2D eigenvalue weighted by Gasteiger charge is 2.15. The van der Waals surface area contributed by atoms with Gasteiger partial charge < -0.3 is 4.74 Å². The van der Waals surface area contributed by atoms with E-state index in [4.69, 9.17) is 16.3 Å². The van der Waals surface area contributed by atoms with Crippen LogP contribution in [-0.2, 0) is 0 Å². The summed E-state index contributed by atoms with van der Waals surface area (Å²) < 4.78 is 32.2. The number of nitrogens with zero attached hydrogens (tertiary/aromatic N) is 2. The minimum atomic E-state index is -1.09. The molecule has 0 aliphatic rings. The van der Waals surface area contributed by atoms with Gasteiger partial charge >= 0.3 is 0 Å². The van der Waals surface area contributed by atoms with Gasteiger partial charge in [0.1, 0.15) is 11.5 Å². The molecule has 2 aromatic rings. The lowest BCUT2D eigenvalue weighted by molar-refractivity contribution is 0.402. The topological polar surface area (TPSA) is 35.0 Å². The minimum absolute atomic E-state index is 0.0754. The van der Waals surface area contributed by atoms with Crippen LogP contribution in [0, 0.1) is 18.6 Å². The molecule has 18 heavy (non-hydrogen) atoms. The van der Waals surface area contributed by atoms with Gasteiger partial charge in [0.05, 0.1) is 0 Å². The maximum atomic E-state index is 13.5. The third-order valence-electron chi connectivity index (χ3n) is 2.14. The van der Waals surface area contributed by atoms with Crippen LogP contribution in [0.1, 0.15) is 5.56 Å². The molecule has 0 atom stereocenters. The predicted octanol–water partition coefficient (Wildman–Crippen LogP) is 4.27. The van der Waals surface area contributed by atoms with Crippen molar-refractivity contribution in [3.05, 3.63) is 45.3 Å². The Morgan fingerprint density at radius 2 is 2.00 bits per heavy atom. The molecule has 0 aliphatic heterocycles. The van der Waals surface area contributed by atoms with Gasteiger partial charge in [-0.15, -0.1) is 0 Å². The first-order chi connectivity index (χ1) is 8.49. The van der Waals surface area contributed by atoms with E-state index in [0.717, 1.165) is 6.07 Å². The van der Waals surface area contributed by atoms with Crippen LogP contribution in [0.5, 0.6) is 11.6 Å². The van der Waals surface area contributed by atoms with E-state index < -0.39 is 11.6 Å². The molecule has 94 valence electrons. The van der Waals surface area contributed by atoms with Crippen molar-refractivity contribution in [3.8, 4) is 11.6 Å². The van der Waals surface area contributed by atoms with E-state index in [0.29, 0.717) is 10.0 Å². The van der Waals surface area contributed by atoms with E-state index in [9.17, 15) is 8.78 Å². The second-order valence-corrected chi connectivity index (χ2v) is 4.67. The van der Waals surface area contributed by atoms with Crippen LogP contribution >= 0.6 is 27.5 Å². The normalized spacial score (nSPS) is 10.5. The van der Waals surface area contributed by atoms with E-state index in [-0.39, 0.29) is 16.8 Å². The standard InChI is InChI=1S/C11H6BrClF2N2O/c1-5-10(13)16-4-17-11(5)18-8-3-6(12)2-7(14)9(8)15/h2-4H,1H3. The second kappa shape index (κ2) is 5.16. The van der Waals surface area contributed by atoms with Crippen LogP contribution in [0.2, 0.25) is 5.15 Å². The summed E-state index contributed by atoms with van der Waals surface area (Å²) in [6.45, 7) is 1.61. The lowest BCUT2D eigenvalue weighted by atomic mass is 10.3. The zero-order valence-corrected chi connectivity index (χ0v) is 11.4.